The molecule has 0 saturated heterocycles. The van der Waals surface area contributed by atoms with Crippen molar-refractivity contribution in [2.45, 2.75) is 6.61 Å². The number of hydrogen-bond donors (Lipinski definition) is 0. The summed E-state index contributed by atoms with van der Waals surface area (Å²) in [6.45, 7) is 0.377. The maximum absolute atomic E-state index is 11.9. The molecule has 0 atom stereocenters. The number of hydrogen-bond acceptors (Lipinski definition) is 3. The van der Waals surface area contributed by atoms with Gasteiger partial charge in [-0.15, -0.1) is 0 Å². The molecule has 0 aromatic heterocycles. The summed E-state index contributed by atoms with van der Waals surface area (Å²) in [6, 6.07) is 19.5. The van der Waals surface area contributed by atoms with Gasteiger partial charge in [-0.1, -0.05) is 58.4 Å². The molecule has 23 heavy (non-hydrogen) atoms. The summed E-state index contributed by atoms with van der Waals surface area (Å²) in [5.41, 5.74) is 1.48. The fraction of sp³-hybridized carbons (Fsp3) is 0.105. The van der Waals surface area contributed by atoms with Gasteiger partial charge in [0.15, 0.2) is 0 Å². The van der Waals surface area contributed by atoms with Crippen molar-refractivity contribution in [1.29, 1.82) is 0 Å². The fourth-order valence-electron chi connectivity index (χ4n) is 2.47. The van der Waals surface area contributed by atoms with E-state index in [1.54, 1.807) is 18.2 Å². The van der Waals surface area contributed by atoms with E-state index in [2.05, 4.69) is 34.1 Å². The zero-order valence-corrected chi connectivity index (χ0v) is 14.2. The van der Waals surface area contributed by atoms with Crippen LogP contribution in [-0.2, 0) is 11.3 Å². The maximum Gasteiger partial charge on any atom is 0.341 e. The molecule has 0 aliphatic rings. The Morgan fingerprint density at radius 2 is 1.83 bits per heavy atom. The highest BCUT2D eigenvalue weighted by molar-refractivity contribution is 9.10. The zero-order valence-electron chi connectivity index (χ0n) is 12.6. The van der Waals surface area contributed by atoms with Crippen LogP contribution in [0.25, 0.3) is 10.8 Å². The van der Waals surface area contributed by atoms with Crippen LogP contribution >= 0.6 is 15.9 Å². The third-order valence-electron chi connectivity index (χ3n) is 3.61. The van der Waals surface area contributed by atoms with Crippen molar-refractivity contribution in [1.82, 2.24) is 0 Å². The van der Waals surface area contributed by atoms with Gasteiger partial charge in [-0.25, -0.2) is 4.79 Å². The Bertz CT molecular complexity index is 853. The van der Waals surface area contributed by atoms with Crippen LogP contribution in [0.5, 0.6) is 5.75 Å². The van der Waals surface area contributed by atoms with Gasteiger partial charge in [0.2, 0.25) is 0 Å². The fourth-order valence-corrected chi connectivity index (χ4v) is 2.81. The molecular formula is C19H15BrO3. The molecule has 0 radical (unpaired) electrons. The molecule has 3 rings (SSSR count). The molecule has 3 aromatic rings. The Kier molecular flexibility index (Phi) is 4.63. The number of esters is 1. The highest BCUT2D eigenvalue weighted by atomic mass is 79.9. The zero-order chi connectivity index (χ0) is 16.2. The molecule has 0 aliphatic heterocycles. The topological polar surface area (TPSA) is 35.5 Å². The number of benzene rings is 3. The minimum atomic E-state index is -0.412. The van der Waals surface area contributed by atoms with Crippen LogP contribution in [0.15, 0.2) is 65.1 Å². The number of halogens is 1. The molecule has 0 spiro atoms. The monoisotopic (exact) mass is 370 g/mol. The third-order valence-corrected chi connectivity index (χ3v) is 4.11. The first-order chi connectivity index (χ1) is 11.2. The molecular weight excluding hydrogens is 356 g/mol. The molecule has 0 saturated carbocycles. The number of carbonyl (C=O) groups excluding carboxylic acids is 1. The number of carbonyl (C=O) groups is 1. The predicted octanol–water partition coefficient (Wildman–Crippen LogP) is 4.97. The second kappa shape index (κ2) is 6.84. The van der Waals surface area contributed by atoms with E-state index in [1.165, 1.54) is 7.11 Å². The Morgan fingerprint density at radius 1 is 1.04 bits per heavy atom. The van der Waals surface area contributed by atoms with Crippen LogP contribution < -0.4 is 4.74 Å². The standard InChI is InChI=1S/C19H15BrO3/c1-22-19(21)17-10-9-15(20)11-18(17)23-12-14-7-4-6-13-5-2-3-8-16(13)14/h2-11H,12H2,1H3. The van der Waals surface area contributed by atoms with Crippen molar-refractivity contribution in [3.8, 4) is 5.75 Å². The quantitative estimate of drug-likeness (QED) is 0.608. The lowest BCUT2D eigenvalue weighted by molar-refractivity contribution is 0.0595. The molecule has 3 nitrogen and oxygen atoms in total. The number of ether oxygens (including phenoxy) is 2. The molecule has 4 heteroatoms. The largest absolute Gasteiger partial charge is 0.488 e. The highest BCUT2D eigenvalue weighted by Gasteiger charge is 2.14. The summed E-state index contributed by atoms with van der Waals surface area (Å²) in [4.78, 5) is 11.9. The Hall–Kier alpha value is -2.33. The Balaban J connectivity index is 1.91. The van der Waals surface area contributed by atoms with Gasteiger partial charge in [-0.3, -0.25) is 0 Å². The van der Waals surface area contributed by atoms with E-state index in [9.17, 15) is 4.79 Å². The van der Waals surface area contributed by atoms with Crippen molar-refractivity contribution in [3.05, 3.63) is 76.3 Å². The van der Waals surface area contributed by atoms with Crippen molar-refractivity contribution in [2.24, 2.45) is 0 Å². The van der Waals surface area contributed by atoms with Gasteiger partial charge in [0.1, 0.15) is 17.9 Å². The lowest BCUT2D eigenvalue weighted by Gasteiger charge is -2.12. The van der Waals surface area contributed by atoms with E-state index in [1.807, 2.05) is 24.3 Å². The molecule has 3 aromatic carbocycles. The lowest BCUT2D eigenvalue weighted by Crippen LogP contribution is -2.06. The maximum atomic E-state index is 11.9. The second-order valence-corrected chi connectivity index (χ2v) is 5.97. The van der Waals surface area contributed by atoms with Gasteiger partial charge < -0.3 is 9.47 Å². The number of methoxy groups -OCH3 is 1. The number of rotatable bonds is 4. The summed E-state index contributed by atoms with van der Waals surface area (Å²) >= 11 is 3.40. The third kappa shape index (κ3) is 3.37. The Morgan fingerprint density at radius 3 is 2.65 bits per heavy atom. The molecule has 0 heterocycles. The van der Waals surface area contributed by atoms with Crippen LogP contribution in [0.2, 0.25) is 0 Å². The van der Waals surface area contributed by atoms with E-state index < -0.39 is 5.97 Å². The van der Waals surface area contributed by atoms with Gasteiger partial charge in [0.05, 0.1) is 7.11 Å². The van der Waals surface area contributed by atoms with Gasteiger partial charge in [0, 0.05) is 4.47 Å². The smallest absolute Gasteiger partial charge is 0.341 e. The van der Waals surface area contributed by atoms with Crippen molar-refractivity contribution >= 4 is 32.7 Å². The highest BCUT2D eigenvalue weighted by Crippen LogP contribution is 2.26. The molecule has 0 N–H and O–H groups in total. The van der Waals surface area contributed by atoms with Crippen LogP contribution in [-0.4, -0.2) is 13.1 Å². The lowest BCUT2D eigenvalue weighted by atomic mass is 10.1. The molecule has 0 fully saturated rings. The van der Waals surface area contributed by atoms with Gasteiger partial charge in [-0.2, -0.15) is 0 Å². The van der Waals surface area contributed by atoms with Gasteiger partial charge in [0.25, 0.3) is 0 Å². The molecule has 116 valence electrons. The van der Waals surface area contributed by atoms with Crippen LogP contribution in [0, 0.1) is 0 Å². The van der Waals surface area contributed by atoms with E-state index in [-0.39, 0.29) is 0 Å². The molecule has 0 aliphatic carbocycles. The van der Waals surface area contributed by atoms with Gasteiger partial charge >= 0.3 is 5.97 Å². The summed E-state index contributed by atoms with van der Waals surface area (Å²) in [5, 5.41) is 2.31. The number of fused-ring (bicyclic) bond motifs is 1. The van der Waals surface area contributed by atoms with Gasteiger partial charge in [-0.05, 0) is 34.5 Å². The minimum absolute atomic E-state index is 0.377. The van der Waals surface area contributed by atoms with Crippen LogP contribution in [0.1, 0.15) is 15.9 Å². The van der Waals surface area contributed by atoms with Crippen molar-refractivity contribution < 1.29 is 14.3 Å². The van der Waals surface area contributed by atoms with E-state index in [0.29, 0.717) is 17.9 Å². The second-order valence-electron chi connectivity index (χ2n) is 5.06. The van der Waals surface area contributed by atoms with Crippen LogP contribution in [0.3, 0.4) is 0 Å². The van der Waals surface area contributed by atoms with Crippen LogP contribution in [0.4, 0.5) is 0 Å². The first-order valence-corrected chi connectivity index (χ1v) is 7.95. The summed E-state index contributed by atoms with van der Waals surface area (Å²) < 4.78 is 11.6. The molecule has 0 unspecified atom stereocenters. The molecule has 0 amide bonds. The SMILES string of the molecule is COC(=O)c1ccc(Br)cc1OCc1cccc2ccccc12. The molecule has 0 bridgehead atoms. The predicted molar refractivity (Wildman–Crippen MR) is 93.8 cm³/mol. The summed E-state index contributed by atoms with van der Waals surface area (Å²) in [6.07, 6.45) is 0. The minimum Gasteiger partial charge on any atom is -0.488 e. The van der Waals surface area contributed by atoms with Crippen molar-refractivity contribution in [2.75, 3.05) is 7.11 Å². The van der Waals surface area contributed by atoms with Crippen molar-refractivity contribution in [3.63, 3.8) is 0 Å². The summed E-state index contributed by atoms with van der Waals surface area (Å²) in [7, 11) is 1.36. The Labute approximate surface area is 143 Å². The average molecular weight is 371 g/mol. The summed E-state index contributed by atoms with van der Waals surface area (Å²) in [5.74, 6) is 0.0876. The van der Waals surface area contributed by atoms with E-state index >= 15 is 0 Å². The first kappa shape index (κ1) is 15.6. The van der Waals surface area contributed by atoms with E-state index in [4.69, 9.17) is 9.47 Å². The first-order valence-electron chi connectivity index (χ1n) is 7.16. The average Bonchev–Trinajstić information content (AvgIpc) is 2.59. The van der Waals surface area contributed by atoms with E-state index in [0.717, 1.165) is 20.8 Å². The normalized spacial score (nSPS) is 10.5.